The second kappa shape index (κ2) is 17.8. The molecular formula is C32H39F3N8O4S. The highest BCUT2D eigenvalue weighted by Crippen LogP contribution is 2.31. The van der Waals surface area contributed by atoms with Gasteiger partial charge in [-0.15, -0.1) is 11.3 Å². The number of guanidine groups is 1. The first kappa shape index (κ1) is 37.5. The van der Waals surface area contributed by atoms with Crippen molar-refractivity contribution in [1.82, 2.24) is 16.0 Å². The summed E-state index contributed by atoms with van der Waals surface area (Å²) < 4.78 is 38.9. The summed E-state index contributed by atoms with van der Waals surface area (Å²) in [4.78, 5) is 56.6. The standard InChI is InChI=1S/C32H39F3N8O4S/c33-32(34,35)22-14-12-20(13-15-22)19-8-10-21(11-9-19)26(27(37)44)43-29(46)23(5-1-2-16-36)41-28(45)24(6-3-17-40-31(38)39)42-30(47)25-7-4-18-48-25/h4,7-15,18,23-24,26H,1-3,5-6,16-17,36H2,(H2,37,44)(H,41,45)(H,42,47)(H,43,46)(H4,38,39,40)/t23-,24-,26?/m0/s1. The fourth-order valence-electron chi connectivity index (χ4n) is 4.72. The van der Waals surface area contributed by atoms with Crippen LogP contribution < -0.4 is 38.9 Å². The van der Waals surface area contributed by atoms with Crippen molar-refractivity contribution >= 4 is 40.9 Å². The van der Waals surface area contributed by atoms with Gasteiger partial charge in [-0.1, -0.05) is 42.5 Å². The second-order valence-corrected chi connectivity index (χ2v) is 11.8. The average molecular weight is 689 g/mol. The smallest absolute Gasteiger partial charge is 0.370 e. The van der Waals surface area contributed by atoms with Crippen LogP contribution >= 0.6 is 11.3 Å². The van der Waals surface area contributed by atoms with Crippen molar-refractivity contribution in [2.45, 2.75) is 56.4 Å². The number of halogens is 3. The van der Waals surface area contributed by atoms with E-state index in [0.29, 0.717) is 47.4 Å². The summed E-state index contributed by atoms with van der Waals surface area (Å²) >= 11 is 1.20. The quantitative estimate of drug-likeness (QED) is 0.0638. The molecule has 258 valence electrons. The zero-order valence-corrected chi connectivity index (χ0v) is 26.8. The molecule has 1 heterocycles. The number of thiophene rings is 1. The fourth-order valence-corrected chi connectivity index (χ4v) is 5.35. The van der Waals surface area contributed by atoms with Crippen LogP contribution in [0.25, 0.3) is 11.1 Å². The van der Waals surface area contributed by atoms with E-state index in [1.807, 2.05) is 0 Å². The molecule has 0 bridgehead atoms. The molecule has 0 saturated heterocycles. The van der Waals surface area contributed by atoms with Crippen molar-refractivity contribution in [3.05, 3.63) is 82.0 Å². The summed E-state index contributed by atoms with van der Waals surface area (Å²) in [5.41, 5.74) is 22.7. The minimum absolute atomic E-state index is 0.117. The van der Waals surface area contributed by atoms with Crippen LogP contribution in [0.3, 0.4) is 0 Å². The summed E-state index contributed by atoms with van der Waals surface area (Å²) in [5, 5.41) is 9.72. The van der Waals surface area contributed by atoms with Crippen LogP contribution in [-0.4, -0.2) is 54.8 Å². The number of nitrogens with one attached hydrogen (secondary N) is 3. The van der Waals surface area contributed by atoms with E-state index in [-0.39, 0.29) is 25.3 Å². The third-order valence-electron chi connectivity index (χ3n) is 7.25. The molecule has 3 atom stereocenters. The molecule has 3 rings (SSSR count). The number of nitrogens with zero attached hydrogens (tertiary/aromatic N) is 1. The monoisotopic (exact) mass is 688 g/mol. The van der Waals surface area contributed by atoms with E-state index >= 15 is 0 Å². The molecular weight excluding hydrogens is 649 g/mol. The van der Waals surface area contributed by atoms with Crippen molar-refractivity contribution in [2.24, 2.45) is 27.9 Å². The van der Waals surface area contributed by atoms with Crippen molar-refractivity contribution < 1.29 is 32.3 Å². The number of unbranched alkanes of at least 4 members (excludes halogenated alkanes) is 1. The lowest BCUT2D eigenvalue weighted by atomic mass is 9.99. The molecule has 48 heavy (non-hydrogen) atoms. The van der Waals surface area contributed by atoms with Gasteiger partial charge in [0.05, 0.1) is 10.4 Å². The highest BCUT2D eigenvalue weighted by molar-refractivity contribution is 7.12. The van der Waals surface area contributed by atoms with Crippen LogP contribution in [-0.2, 0) is 20.6 Å². The van der Waals surface area contributed by atoms with Crippen LogP contribution in [0.5, 0.6) is 0 Å². The third-order valence-corrected chi connectivity index (χ3v) is 8.12. The van der Waals surface area contributed by atoms with Gasteiger partial charge in [0.2, 0.25) is 17.7 Å². The number of primary amides is 1. The molecule has 0 spiro atoms. The Morgan fingerprint density at radius 2 is 1.35 bits per heavy atom. The predicted octanol–water partition coefficient (Wildman–Crippen LogP) is 2.54. The molecule has 0 aliphatic carbocycles. The Morgan fingerprint density at radius 3 is 1.90 bits per heavy atom. The van der Waals surface area contributed by atoms with Crippen LogP contribution in [0.2, 0.25) is 0 Å². The summed E-state index contributed by atoms with van der Waals surface area (Å²) in [6, 6.07) is 10.7. The molecule has 3 aromatic rings. The lowest BCUT2D eigenvalue weighted by Crippen LogP contribution is -2.54. The van der Waals surface area contributed by atoms with Crippen LogP contribution in [0, 0.1) is 0 Å². The third kappa shape index (κ3) is 11.4. The number of hydrogen-bond acceptors (Lipinski definition) is 7. The Bertz CT molecular complexity index is 1540. The van der Waals surface area contributed by atoms with Crippen molar-refractivity contribution in [1.29, 1.82) is 0 Å². The van der Waals surface area contributed by atoms with Gasteiger partial charge in [-0.05, 0) is 78.9 Å². The van der Waals surface area contributed by atoms with Gasteiger partial charge in [-0.3, -0.25) is 24.2 Å². The molecule has 2 aromatic carbocycles. The topological polar surface area (TPSA) is 221 Å². The van der Waals surface area contributed by atoms with Gasteiger partial charge < -0.3 is 38.9 Å². The van der Waals surface area contributed by atoms with Crippen molar-refractivity contribution in [2.75, 3.05) is 13.1 Å². The van der Waals surface area contributed by atoms with Gasteiger partial charge in [-0.25, -0.2) is 0 Å². The molecule has 0 radical (unpaired) electrons. The number of carbonyl (C=O) groups is 4. The zero-order valence-electron chi connectivity index (χ0n) is 26.0. The number of carbonyl (C=O) groups excluding carboxylic acids is 4. The number of hydrogen-bond donors (Lipinski definition) is 7. The molecule has 1 aromatic heterocycles. The SMILES string of the molecule is NCCCC[C@H](NC(=O)[C@H](CCCN=C(N)N)NC(=O)c1cccs1)C(=O)NC(C(N)=O)c1ccc(-c2ccc(C(F)(F)F)cc2)cc1. The minimum Gasteiger partial charge on any atom is -0.370 e. The van der Waals surface area contributed by atoms with Gasteiger partial charge in [0, 0.05) is 6.54 Å². The second-order valence-electron chi connectivity index (χ2n) is 10.8. The zero-order chi connectivity index (χ0) is 35.3. The van der Waals surface area contributed by atoms with E-state index in [9.17, 15) is 32.3 Å². The molecule has 12 nitrogen and oxygen atoms in total. The maximum absolute atomic E-state index is 13.5. The Labute approximate surface area is 279 Å². The Morgan fingerprint density at radius 1 is 0.771 bits per heavy atom. The normalized spacial score (nSPS) is 13.1. The number of rotatable bonds is 17. The Kier molecular flexibility index (Phi) is 13.9. The van der Waals surface area contributed by atoms with Crippen molar-refractivity contribution in [3.63, 3.8) is 0 Å². The van der Waals surface area contributed by atoms with E-state index in [1.165, 1.54) is 35.6 Å². The number of nitrogens with two attached hydrogens (primary N) is 4. The van der Waals surface area contributed by atoms with Crippen LogP contribution in [0.4, 0.5) is 13.2 Å². The van der Waals surface area contributed by atoms with Gasteiger partial charge >= 0.3 is 6.18 Å². The van der Waals surface area contributed by atoms with Gasteiger partial charge in [-0.2, -0.15) is 13.2 Å². The average Bonchev–Trinajstić information content (AvgIpc) is 3.59. The van der Waals surface area contributed by atoms with E-state index in [0.717, 1.165) is 12.1 Å². The first-order valence-corrected chi connectivity index (χ1v) is 16.0. The van der Waals surface area contributed by atoms with Gasteiger partial charge in [0.15, 0.2) is 5.96 Å². The number of amides is 4. The van der Waals surface area contributed by atoms with Crippen LogP contribution in [0.15, 0.2) is 71.0 Å². The molecule has 1 unspecified atom stereocenters. The van der Waals surface area contributed by atoms with Gasteiger partial charge in [0.1, 0.15) is 18.1 Å². The van der Waals surface area contributed by atoms with E-state index < -0.39 is 53.5 Å². The summed E-state index contributed by atoms with van der Waals surface area (Å²) in [5.74, 6) is -2.79. The first-order valence-electron chi connectivity index (χ1n) is 15.1. The predicted molar refractivity (Wildman–Crippen MR) is 177 cm³/mol. The summed E-state index contributed by atoms with van der Waals surface area (Å²) in [6.45, 7) is 0.557. The Hall–Kier alpha value is -4.96. The number of benzene rings is 2. The molecule has 11 N–H and O–H groups in total. The van der Waals surface area contributed by atoms with Gasteiger partial charge in [0.25, 0.3) is 5.91 Å². The highest BCUT2D eigenvalue weighted by Gasteiger charge is 2.31. The molecule has 4 amide bonds. The highest BCUT2D eigenvalue weighted by atomic mass is 32.1. The van der Waals surface area contributed by atoms with Crippen molar-refractivity contribution in [3.8, 4) is 11.1 Å². The molecule has 16 heteroatoms. The molecule has 0 fully saturated rings. The summed E-state index contributed by atoms with van der Waals surface area (Å²) in [6.07, 6.45) is -2.77. The maximum Gasteiger partial charge on any atom is 0.416 e. The lowest BCUT2D eigenvalue weighted by molar-refractivity contribution is -0.137. The number of alkyl halides is 3. The fraction of sp³-hybridized carbons (Fsp3) is 0.344. The summed E-state index contributed by atoms with van der Waals surface area (Å²) in [7, 11) is 0. The van der Waals surface area contributed by atoms with E-state index in [4.69, 9.17) is 22.9 Å². The molecule has 0 saturated carbocycles. The lowest BCUT2D eigenvalue weighted by Gasteiger charge is -2.25. The van der Waals surface area contributed by atoms with E-state index in [1.54, 1.807) is 29.6 Å². The molecule has 0 aliphatic heterocycles. The minimum atomic E-state index is -4.47. The molecule has 0 aliphatic rings. The van der Waals surface area contributed by atoms with E-state index in [2.05, 4.69) is 20.9 Å². The van der Waals surface area contributed by atoms with Crippen LogP contribution in [0.1, 0.15) is 58.9 Å². The maximum atomic E-state index is 13.5. The Balaban J connectivity index is 1.77. The largest absolute Gasteiger partial charge is 0.416 e. The number of aliphatic imine (C=N–C) groups is 1. The first-order chi connectivity index (χ1) is 22.8.